The molecule has 1 aliphatic carbocycles. The summed E-state index contributed by atoms with van der Waals surface area (Å²) in [5.74, 6) is -0.135. The maximum absolute atomic E-state index is 12.6. The van der Waals surface area contributed by atoms with Gasteiger partial charge in [0.2, 0.25) is 0 Å². The number of rotatable bonds is 3. The molecule has 128 valence electrons. The average Bonchev–Trinajstić information content (AvgIpc) is 3.01. The fourth-order valence-corrected chi connectivity index (χ4v) is 3.93. The number of hydrogen-bond donors (Lipinski definition) is 1. The van der Waals surface area contributed by atoms with Crippen LogP contribution in [-0.4, -0.2) is 26.5 Å². The molecule has 0 unspecified atom stereocenters. The topological polar surface area (TPSA) is 76.9 Å². The molecule has 0 bridgehead atoms. The van der Waals surface area contributed by atoms with Crippen LogP contribution < -0.4 is 5.32 Å². The van der Waals surface area contributed by atoms with Gasteiger partial charge < -0.3 is 0 Å². The van der Waals surface area contributed by atoms with E-state index in [4.69, 9.17) is 0 Å². The van der Waals surface area contributed by atoms with Crippen molar-refractivity contribution in [1.29, 1.82) is 0 Å². The highest BCUT2D eigenvalue weighted by atomic mass is 32.1. The van der Waals surface area contributed by atoms with E-state index in [0.29, 0.717) is 22.1 Å². The molecule has 0 atom stereocenters. The van der Waals surface area contributed by atoms with Crippen LogP contribution in [0.4, 0.5) is 5.13 Å². The van der Waals surface area contributed by atoms with Crippen molar-refractivity contribution in [3.63, 3.8) is 0 Å². The number of thiazole rings is 1. The fourth-order valence-electron chi connectivity index (χ4n) is 3.01. The summed E-state index contributed by atoms with van der Waals surface area (Å²) in [4.78, 5) is 30.0. The lowest BCUT2D eigenvalue weighted by molar-refractivity contribution is 0.0915. The van der Waals surface area contributed by atoms with Gasteiger partial charge in [-0.25, -0.2) is 4.98 Å². The molecule has 0 spiro atoms. The highest BCUT2D eigenvalue weighted by molar-refractivity contribution is 7.17. The zero-order valence-corrected chi connectivity index (χ0v) is 15.5. The third-order valence-corrected chi connectivity index (χ3v) is 5.09. The third kappa shape index (κ3) is 3.13. The molecule has 6 nitrogen and oxygen atoms in total. The Bertz CT molecular complexity index is 817. The number of hydrogen-bond acceptors (Lipinski definition) is 5. The first kappa shape index (κ1) is 16.8. The highest BCUT2D eigenvalue weighted by Crippen LogP contribution is 2.38. The largest absolute Gasteiger partial charge is 0.296 e. The number of ketones is 1. The summed E-state index contributed by atoms with van der Waals surface area (Å²) in [6.45, 7) is 9.95. The van der Waals surface area contributed by atoms with Crippen molar-refractivity contribution < 1.29 is 9.59 Å². The maximum atomic E-state index is 12.6. The summed E-state index contributed by atoms with van der Waals surface area (Å²) >= 11 is 1.27. The summed E-state index contributed by atoms with van der Waals surface area (Å²) in [7, 11) is 0. The van der Waals surface area contributed by atoms with E-state index >= 15 is 0 Å². The van der Waals surface area contributed by atoms with Gasteiger partial charge >= 0.3 is 0 Å². The van der Waals surface area contributed by atoms with Crippen LogP contribution in [0, 0.1) is 12.3 Å². The van der Waals surface area contributed by atoms with E-state index < -0.39 is 0 Å². The van der Waals surface area contributed by atoms with Crippen molar-refractivity contribution in [2.24, 2.45) is 5.41 Å². The first-order valence-electron chi connectivity index (χ1n) is 8.07. The Labute approximate surface area is 145 Å². The summed E-state index contributed by atoms with van der Waals surface area (Å²) in [5, 5.41) is 7.66. The molecule has 1 amide bonds. The zero-order chi connectivity index (χ0) is 17.6. The first-order chi connectivity index (χ1) is 11.2. The number of nitrogens with zero attached hydrogens (tertiary/aromatic N) is 3. The van der Waals surface area contributed by atoms with Crippen molar-refractivity contribution in [1.82, 2.24) is 14.8 Å². The van der Waals surface area contributed by atoms with Crippen LogP contribution in [0.1, 0.15) is 71.7 Å². The van der Waals surface area contributed by atoms with E-state index in [1.807, 2.05) is 20.8 Å². The molecule has 2 aromatic heterocycles. The molecule has 0 saturated heterocycles. The van der Waals surface area contributed by atoms with Gasteiger partial charge in [-0.1, -0.05) is 25.2 Å². The van der Waals surface area contributed by atoms with Gasteiger partial charge in [0.15, 0.2) is 10.9 Å². The minimum atomic E-state index is -0.248. The second-order valence-corrected chi connectivity index (χ2v) is 8.40. The Morgan fingerprint density at radius 1 is 1.38 bits per heavy atom. The second-order valence-electron chi connectivity index (χ2n) is 7.40. The summed E-state index contributed by atoms with van der Waals surface area (Å²) in [6.07, 6.45) is 1.28. The lowest BCUT2D eigenvalue weighted by Crippen LogP contribution is -2.26. The predicted octanol–water partition coefficient (Wildman–Crippen LogP) is 3.64. The number of fused-ring (bicyclic) bond motifs is 1. The van der Waals surface area contributed by atoms with Gasteiger partial charge in [0, 0.05) is 12.5 Å². The Morgan fingerprint density at radius 3 is 2.75 bits per heavy atom. The number of Topliss-reactive ketones (excluding diaryl/α,β-unsaturated/α-hetero) is 1. The molecule has 0 fully saturated rings. The van der Waals surface area contributed by atoms with Gasteiger partial charge in [-0.3, -0.25) is 19.6 Å². The molecule has 1 aliphatic rings. The van der Waals surface area contributed by atoms with Crippen LogP contribution in [0.15, 0.2) is 6.07 Å². The van der Waals surface area contributed by atoms with E-state index in [0.717, 1.165) is 17.8 Å². The molecule has 3 rings (SSSR count). The normalized spacial score (nSPS) is 16.3. The summed E-state index contributed by atoms with van der Waals surface area (Å²) in [6, 6.07) is 1.85. The average molecular weight is 346 g/mol. The lowest BCUT2D eigenvalue weighted by Gasteiger charge is -2.26. The lowest BCUT2D eigenvalue weighted by atomic mass is 9.78. The Morgan fingerprint density at radius 2 is 2.08 bits per heavy atom. The maximum Gasteiger partial charge on any atom is 0.275 e. The van der Waals surface area contributed by atoms with Gasteiger partial charge in [-0.15, -0.1) is 0 Å². The van der Waals surface area contributed by atoms with Crippen LogP contribution in [0.3, 0.4) is 0 Å². The van der Waals surface area contributed by atoms with Crippen molar-refractivity contribution in [2.45, 2.75) is 53.5 Å². The minimum Gasteiger partial charge on any atom is -0.296 e. The second kappa shape index (κ2) is 5.81. The monoisotopic (exact) mass is 346 g/mol. The van der Waals surface area contributed by atoms with Crippen molar-refractivity contribution >= 4 is 28.2 Å². The molecule has 0 aromatic carbocycles. The van der Waals surface area contributed by atoms with E-state index in [-0.39, 0.29) is 23.1 Å². The zero-order valence-electron chi connectivity index (χ0n) is 14.6. The van der Waals surface area contributed by atoms with Crippen LogP contribution in [0.5, 0.6) is 0 Å². The predicted molar refractivity (Wildman–Crippen MR) is 93.8 cm³/mol. The van der Waals surface area contributed by atoms with Gasteiger partial charge in [0.05, 0.1) is 16.3 Å². The van der Waals surface area contributed by atoms with Gasteiger partial charge in [0.25, 0.3) is 5.91 Å². The number of amides is 1. The Kier molecular flexibility index (Phi) is 4.07. The Balaban J connectivity index is 1.86. The number of aryl methyl sites for hydroxylation is 1. The van der Waals surface area contributed by atoms with Crippen LogP contribution in [0.2, 0.25) is 0 Å². The minimum absolute atomic E-state index is 0.0766. The van der Waals surface area contributed by atoms with E-state index in [2.05, 4.69) is 29.2 Å². The van der Waals surface area contributed by atoms with Crippen LogP contribution in [0.25, 0.3) is 0 Å². The number of carbonyl (C=O) groups is 2. The fraction of sp³-hybridized carbons (Fsp3) is 0.529. The Hall–Kier alpha value is -2.02. The molecule has 2 heterocycles. The van der Waals surface area contributed by atoms with Gasteiger partial charge in [-0.05, 0) is 38.7 Å². The number of nitrogens with one attached hydrogen (secondary N) is 1. The molecular formula is C17H22N4O2S. The van der Waals surface area contributed by atoms with Crippen molar-refractivity contribution in [3.05, 3.63) is 28.0 Å². The molecule has 7 heteroatoms. The van der Waals surface area contributed by atoms with Crippen molar-refractivity contribution in [3.8, 4) is 0 Å². The van der Waals surface area contributed by atoms with E-state index in [1.54, 1.807) is 10.7 Å². The molecule has 0 radical (unpaired) electrons. The standard InChI is InChI=1S/C17H22N4O2S/c1-9(2)21-12(6-10(3)20-21)15(23)19-16-18-11-7-17(4,5)8-13(22)14(11)24-16/h6,9H,7-8H2,1-5H3,(H,18,19,23). The molecule has 1 N–H and O–H groups in total. The van der Waals surface area contributed by atoms with Gasteiger partial charge in [0.1, 0.15) is 5.69 Å². The molecule has 0 saturated carbocycles. The molecular weight excluding hydrogens is 324 g/mol. The molecule has 24 heavy (non-hydrogen) atoms. The van der Waals surface area contributed by atoms with E-state index in [9.17, 15) is 9.59 Å². The summed E-state index contributed by atoms with van der Waals surface area (Å²) < 4.78 is 1.70. The SMILES string of the molecule is Cc1cc(C(=O)Nc2nc3c(s2)C(=O)CC(C)(C)C3)n(C(C)C)n1. The number of carbonyl (C=O) groups excluding carboxylic acids is 2. The number of anilines is 1. The highest BCUT2D eigenvalue weighted by Gasteiger charge is 2.34. The smallest absolute Gasteiger partial charge is 0.275 e. The summed E-state index contributed by atoms with van der Waals surface area (Å²) in [5.41, 5.74) is 2.02. The van der Waals surface area contributed by atoms with Crippen LogP contribution in [-0.2, 0) is 6.42 Å². The van der Waals surface area contributed by atoms with Crippen molar-refractivity contribution in [2.75, 3.05) is 5.32 Å². The quantitative estimate of drug-likeness (QED) is 0.920. The van der Waals surface area contributed by atoms with E-state index in [1.165, 1.54) is 11.3 Å². The first-order valence-corrected chi connectivity index (χ1v) is 8.88. The van der Waals surface area contributed by atoms with Crippen LogP contribution >= 0.6 is 11.3 Å². The van der Waals surface area contributed by atoms with Gasteiger partial charge in [-0.2, -0.15) is 5.10 Å². The molecule has 2 aromatic rings. The third-order valence-electron chi connectivity index (χ3n) is 4.04. The number of aromatic nitrogens is 3. The molecule has 0 aliphatic heterocycles.